The summed E-state index contributed by atoms with van der Waals surface area (Å²) in [6.07, 6.45) is 5.22. The third kappa shape index (κ3) is 4.76. The van der Waals surface area contributed by atoms with Crippen LogP contribution in [0.2, 0.25) is 5.02 Å². The quantitative estimate of drug-likeness (QED) is 0.651. The first-order chi connectivity index (χ1) is 15.0. The molecule has 5 rings (SSSR count). The highest BCUT2D eigenvalue weighted by molar-refractivity contribution is 6.30. The molecule has 32 heavy (non-hydrogen) atoms. The van der Waals surface area contributed by atoms with E-state index in [0.717, 1.165) is 37.7 Å². The Labute approximate surface area is 196 Å². The van der Waals surface area contributed by atoms with Gasteiger partial charge in [-0.3, -0.25) is 9.59 Å². The van der Waals surface area contributed by atoms with Gasteiger partial charge in [-0.05, 0) is 108 Å². The fourth-order valence-corrected chi connectivity index (χ4v) is 6.64. The topological polar surface area (TPSA) is 70.7 Å². The minimum absolute atomic E-state index is 0.0879. The molecule has 0 radical (unpaired) electrons. The van der Waals surface area contributed by atoms with Gasteiger partial charge in [0, 0.05) is 16.6 Å². The van der Waals surface area contributed by atoms with Crippen LogP contribution in [0.1, 0.15) is 51.5 Å². The van der Waals surface area contributed by atoms with Crippen LogP contribution in [0.25, 0.3) is 0 Å². The zero-order chi connectivity index (χ0) is 23.3. The molecule has 7 heteroatoms. The molecule has 2 N–H and O–H groups in total. The van der Waals surface area contributed by atoms with Crippen LogP contribution in [-0.2, 0) is 9.59 Å². The maximum absolute atomic E-state index is 13.3. The maximum atomic E-state index is 13.3. The zero-order valence-corrected chi connectivity index (χ0v) is 20.6. The highest BCUT2D eigenvalue weighted by Crippen LogP contribution is 2.55. The van der Waals surface area contributed by atoms with Crippen molar-refractivity contribution in [3.8, 4) is 5.75 Å². The average molecular weight is 462 g/mol. The van der Waals surface area contributed by atoms with Crippen LogP contribution in [0.3, 0.4) is 0 Å². The summed E-state index contributed by atoms with van der Waals surface area (Å²) < 4.78 is 6.12. The number of hydrogen-bond acceptors (Lipinski definition) is 4. The fraction of sp³-hybridized carbons (Fsp3) is 0.680. The largest absolute Gasteiger partial charge is 0.478 e. The number of ether oxygens (including phenoxy) is 1. The van der Waals surface area contributed by atoms with E-state index in [1.165, 1.54) is 0 Å². The van der Waals surface area contributed by atoms with Crippen LogP contribution in [0.5, 0.6) is 5.75 Å². The van der Waals surface area contributed by atoms with Crippen molar-refractivity contribution in [3.63, 3.8) is 0 Å². The Morgan fingerprint density at radius 1 is 1.19 bits per heavy atom. The molecule has 2 amide bonds. The van der Waals surface area contributed by atoms with Crippen LogP contribution in [0, 0.1) is 24.7 Å². The SMILES string of the molecule is Cc1cc(Cl)ccc1OC(C)(C)C(=O)NC1[C@@H]2CC3C[C@H]1CC(NC(=O)CN(C)C)(C3)C2. The van der Waals surface area contributed by atoms with Crippen molar-refractivity contribution in [2.24, 2.45) is 17.8 Å². The van der Waals surface area contributed by atoms with E-state index in [2.05, 4.69) is 10.6 Å². The Morgan fingerprint density at radius 3 is 2.44 bits per heavy atom. The number of halogens is 1. The monoisotopic (exact) mass is 461 g/mol. The number of rotatable bonds is 7. The van der Waals surface area contributed by atoms with Gasteiger partial charge in [-0.15, -0.1) is 0 Å². The van der Waals surface area contributed by atoms with Gasteiger partial charge < -0.3 is 20.3 Å². The number of likely N-dealkylation sites (N-methyl/N-ethyl adjacent to an activating group) is 1. The lowest BCUT2D eigenvalue weighted by Crippen LogP contribution is -2.68. The van der Waals surface area contributed by atoms with Gasteiger partial charge in [0.2, 0.25) is 5.91 Å². The lowest BCUT2D eigenvalue weighted by Gasteiger charge is -2.60. The number of amides is 2. The lowest BCUT2D eigenvalue weighted by atomic mass is 9.51. The molecule has 6 nitrogen and oxygen atoms in total. The Kier molecular flexibility index (Phi) is 6.23. The summed E-state index contributed by atoms with van der Waals surface area (Å²) in [5, 5.41) is 7.37. The zero-order valence-electron chi connectivity index (χ0n) is 19.8. The Hall–Kier alpha value is -1.79. The number of carbonyl (C=O) groups is 2. The summed E-state index contributed by atoms with van der Waals surface area (Å²) in [6.45, 7) is 5.97. The van der Waals surface area contributed by atoms with Gasteiger partial charge in [0.25, 0.3) is 5.91 Å². The third-order valence-corrected chi connectivity index (χ3v) is 7.72. The van der Waals surface area contributed by atoms with E-state index < -0.39 is 5.60 Å². The maximum Gasteiger partial charge on any atom is 0.263 e. The van der Waals surface area contributed by atoms with Crippen molar-refractivity contribution in [2.45, 2.75) is 70.1 Å². The number of benzene rings is 1. The van der Waals surface area contributed by atoms with E-state index in [4.69, 9.17) is 16.3 Å². The molecule has 176 valence electrons. The molecule has 3 unspecified atom stereocenters. The van der Waals surface area contributed by atoms with E-state index in [0.29, 0.717) is 35.1 Å². The smallest absolute Gasteiger partial charge is 0.263 e. The molecule has 4 bridgehead atoms. The van der Waals surface area contributed by atoms with Crippen molar-refractivity contribution in [2.75, 3.05) is 20.6 Å². The lowest BCUT2D eigenvalue weighted by molar-refractivity contribution is -0.140. The standard InChI is InChI=1S/C25H36ClN3O3/c1-15-8-19(26)6-7-20(15)32-24(2,3)23(31)27-22-17-9-16-10-18(22)13-25(11-16,12-17)28-21(30)14-29(4)5/h6-8,16-18,22H,9-14H2,1-5H3,(H,27,31)(H,28,30)/t16?,17-,18+,22?,25?. The van der Waals surface area contributed by atoms with E-state index in [1.54, 1.807) is 6.07 Å². The molecule has 0 aliphatic heterocycles. The van der Waals surface area contributed by atoms with E-state index in [-0.39, 0.29) is 23.4 Å². The second-order valence-electron chi connectivity index (χ2n) is 11.1. The molecule has 0 saturated heterocycles. The van der Waals surface area contributed by atoms with E-state index >= 15 is 0 Å². The number of carbonyl (C=O) groups excluding carboxylic acids is 2. The Bertz CT molecular complexity index is 884. The highest BCUT2D eigenvalue weighted by atomic mass is 35.5. The van der Waals surface area contributed by atoms with Gasteiger partial charge in [-0.2, -0.15) is 0 Å². The molecule has 4 aliphatic carbocycles. The first-order valence-electron chi connectivity index (χ1n) is 11.7. The summed E-state index contributed by atoms with van der Waals surface area (Å²) >= 11 is 6.05. The van der Waals surface area contributed by atoms with E-state index in [9.17, 15) is 9.59 Å². The summed E-state index contributed by atoms with van der Waals surface area (Å²) in [7, 11) is 3.83. The molecule has 0 spiro atoms. The van der Waals surface area contributed by atoms with Crippen LogP contribution in [0.4, 0.5) is 0 Å². The molecule has 1 aromatic carbocycles. The Balaban J connectivity index is 1.42. The molecule has 4 fully saturated rings. The normalized spacial score (nSPS) is 31.0. The van der Waals surface area contributed by atoms with Crippen molar-refractivity contribution < 1.29 is 14.3 Å². The average Bonchev–Trinajstić information content (AvgIpc) is 2.65. The third-order valence-electron chi connectivity index (χ3n) is 7.48. The molecule has 0 aromatic heterocycles. The van der Waals surface area contributed by atoms with Gasteiger partial charge in [0.1, 0.15) is 5.75 Å². The number of nitrogens with zero attached hydrogens (tertiary/aromatic N) is 1. The molecule has 0 heterocycles. The number of nitrogens with one attached hydrogen (secondary N) is 2. The molecule has 1 aromatic rings. The predicted octanol–water partition coefficient (Wildman–Crippen LogP) is 3.55. The molecule has 4 saturated carbocycles. The highest BCUT2D eigenvalue weighted by Gasteiger charge is 2.56. The minimum Gasteiger partial charge on any atom is -0.478 e. The molecule has 4 aliphatic rings. The second-order valence-corrected chi connectivity index (χ2v) is 11.5. The number of hydrogen-bond donors (Lipinski definition) is 2. The predicted molar refractivity (Wildman–Crippen MR) is 126 cm³/mol. The second kappa shape index (κ2) is 8.53. The number of aryl methyl sites for hydroxylation is 1. The molecule has 5 atom stereocenters. The van der Waals surface area contributed by atoms with Gasteiger partial charge in [-0.25, -0.2) is 0 Å². The van der Waals surface area contributed by atoms with E-state index in [1.807, 2.05) is 51.9 Å². The summed E-state index contributed by atoms with van der Waals surface area (Å²) in [5.74, 6) is 2.12. The van der Waals surface area contributed by atoms with Crippen LogP contribution in [-0.4, -0.2) is 54.5 Å². The first-order valence-corrected chi connectivity index (χ1v) is 12.1. The summed E-state index contributed by atoms with van der Waals surface area (Å²) in [4.78, 5) is 27.7. The van der Waals surface area contributed by atoms with Crippen LogP contribution >= 0.6 is 11.6 Å². The molecular weight excluding hydrogens is 426 g/mol. The molecular formula is C25H36ClN3O3. The summed E-state index contributed by atoms with van der Waals surface area (Å²) in [5.41, 5.74) is -0.189. The first kappa shape index (κ1) is 23.4. The van der Waals surface area contributed by atoms with Crippen LogP contribution in [0.15, 0.2) is 18.2 Å². The van der Waals surface area contributed by atoms with Crippen molar-refractivity contribution in [3.05, 3.63) is 28.8 Å². The van der Waals surface area contributed by atoms with Crippen molar-refractivity contribution in [1.29, 1.82) is 0 Å². The Morgan fingerprint density at radius 2 is 1.84 bits per heavy atom. The summed E-state index contributed by atoms with van der Waals surface area (Å²) in [6, 6.07) is 5.58. The van der Waals surface area contributed by atoms with Gasteiger partial charge >= 0.3 is 0 Å². The van der Waals surface area contributed by atoms with Gasteiger partial charge in [0.15, 0.2) is 5.60 Å². The van der Waals surface area contributed by atoms with Crippen molar-refractivity contribution >= 4 is 23.4 Å². The van der Waals surface area contributed by atoms with Crippen molar-refractivity contribution in [1.82, 2.24) is 15.5 Å². The van der Waals surface area contributed by atoms with Gasteiger partial charge in [-0.1, -0.05) is 11.6 Å². The van der Waals surface area contributed by atoms with Gasteiger partial charge in [0.05, 0.1) is 6.54 Å². The fourth-order valence-electron chi connectivity index (χ4n) is 6.41. The minimum atomic E-state index is -0.995. The van der Waals surface area contributed by atoms with Crippen LogP contribution < -0.4 is 15.4 Å².